The van der Waals surface area contributed by atoms with E-state index in [1.54, 1.807) is 26.4 Å². The second-order valence-corrected chi connectivity index (χ2v) is 7.44. The molecule has 0 spiro atoms. The Morgan fingerprint density at radius 2 is 1.90 bits per heavy atom. The molecular weight excluding hydrogens is 394 g/mol. The van der Waals surface area contributed by atoms with Crippen LogP contribution in [0.5, 0.6) is 11.5 Å². The lowest BCUT2D eigenvalue weighted by molar-refractivity contribution is -0.0265. The topological polar surface area (TPSA) is 85.4 Å². The van der Waals surface area contributed by atoms with Gasteiger partial charge in [-0.15, -0.1) is 0 Å². The van der Waals surface area contributed by atoms with Gasteiger partial charge < -0.3 is 19.1 Å². The van der Waals surface area contributed by atoms with Crippen LogP contribution in [0.4, 0.5) is 0 Å². The highest BCUT2D eigenvalue weighted by atomic mass is 16.5. The minimum atomic E-state index is -0.180. The van der Waals surface area contributed by atoms with Gasteiger partial charge in [-0.2, -0.15) is 10.4 Å². The van der Waals surface area contributed by atoms with E-state index in [1.807, 2.05) is 35.0 Å². The van der Waals surface area contributed by atoms with Crippen molar-refractivity contribution in [1.82, 2.24) is 19.7 Å². The molecule has 1 fully saturated rings. The highest BCUT2D eigenvalue weighted by molar-refractivity contribution is 5.44. The number of benzene rings is 2. The Hall–Kier alpha value is -3.41. The molecule has 8 nitrogen and oxygen atoms in total. The zero-order valence-electron chi connectivity index (χ0n) is 17.9. The summed E-state index contributed by atoms with van der Waals surface area (Å²) in [6.45, 7) is 2.27. The molecule has 1 aliphatic heterocycles. The molecule has 0 bridgehead atoms. The van der Waals surface area contributed by atoms with Crippen molar-refractivity contribution in [3.05, 3.63) is 65.2 Å². The van der Waals surface area contributed by atoms with Crippen LogP contribution in [0.2, 0.25) is 0 Å². The molecule has 8 heteroatoms. The van der Waals surface area contributed by atoms with Gasteiger partial charge >= 0.3 is 0 Å². The fourth-order valence-corrected chi connectivity index (χ4v) is 3.63. The second kappa shape index (κ2) is 9.16. The minimum absolute atomic E-state index is 0.180. The van der Waals surface area contributed by atoms with E-state index in [4.69, 9.17) is 29.6 Å². The van der Waals surface area contributed by atoms with Gasteiger partial charge in [0.15, 0.2) is 23.1 Å². The van der Waals surface area contributed by atoms with Gasteiger partial charge in [0.05, 0.1) is 38.1 Å². The average Bonchev–Trinajstić information content (AvgIpc) is 3.22. The van der Waals surface area contributed by atoms with E-state index in [1.165, 1.54) is 0 Å². The number of aromatic nitrogens is 3. The van der Waals surface area contributed by atoms with Crippen LogP contribution in [0.1, 0.15) is 28.9 Å². The van der Waals surface area contributed by atoms with Crippen molar-refractivity contribution < 1.29 is 14.2 Å². The quantitative estimate of drug-likeness (QED) is 0.607. The Morgan fingerprint density at radius 1 is 1.13 bits per heavy atom. The molecule has 0 amide bonds. The molecule has 1 aromatic heterocycles. The summed E-state index contributed by atoms with van der Waals surface area (Å²) in [6.07, 6.45) is 0.361. The standard InChI is InChI=1S/C23H25N5O3/c1-27-10-11-31-21(15-27)23-25-22(13-17-6-9-19(29-2)20(12-17)30-3)26-28(23)18-7-4-16(14-24)5-8-18/h4-9,12,21H,10-11,13,15H2,1-3H3. The lowest BCUT2D eigenvalue weighted by atomic mass is 10.1. The Labute approximate surface area is 181 Å². The SMILES string of the molecule is COc1ccc(Cc2nc(C3CN(C)CCO3)n(-c3ccc(C#N)cc3)n2)cc1OC. The third-order valence-corrected chi connectivity index (χ3v) is 5.28. The van der Waals surface area contributed by atoms with E-state index in [9.17, 15) is 0 Å². The van der Waals surface area contributed by atoms with Gasteiger partial charge in [0.2, 0.25) is 0 Å². The smallest absolute Gasteiger partial charge is 0.162 e. The Bertz CT molecular complexity index is 1090. The normalized spacial score (nSPS) is 16.6. The summed E-state index contributed by atoms with van der Waals surface area (Å²) in [5.41, 5.74) is 2.46. The van der Waals surface area contributed by atoms with Gasteiger partial charge in [-0.05, 0) is 49.0 Å². The predicted octanol–water partition coefficient (Wildman–Crippen LogP) is 2.75. The highest BCUT2D eigenvalue weighted by Crippen LogP contribution is 2.29. The highest BCUT2D eigenvalue weighted by Gasteiger charge is 2.26. The average molecular weight is 419 g/mol. The monoisotopic (exact) mass is 419 g/mol. The van der Waals surface area contributed by atoms with Crippen molar-refractivity contribution in [1.29, 1.82) is 5.26 Å². The summed E-state index contributed by atoms with van der Waals surface area (Å²) in [5.74, 6) is 2.79. The maximum Gasteiger partial charge on any atom is 0.162 e. The lowest BCUT2D eigenvalue weighted by Gasteiger charge is -2.29. The van der Waals surface area contributed by atoms with E-state index in [2.05, 4.69) is 18.0 Å². The molecule has 1 unspecified atom stereocenters. The van der Waals surface area contributed by atoms with E-state index in [-0.39, 0.29) is 6.10 Å². The van der Waals surface area contributed by atoms with Crippen LogP contribution in [0.3, 0.4) is 0 Å². The number of nitriles is 1. The van der Waals surface area contributed by atoms with Crippen molar-refractivity contribution in [2.45, 2.75) is 12.5 Å². The van der Waals surface area contributed by atoms with Crippen LogP contribution >= 0.6 is 0 Å². The zero-order valence-corrected chi connectivity index (χ0v) is 17.9. The Balaban J connectivity index is 1.69. The number of ether oxygens (including phenoxy) is 3. The molecule has 0 aliphatic carbocycles. The van der Waals surface area contributed by atoms with Crippen molar-refractivity contribution >= 4 is 0 Å². The van der Waals surface area contributed by atoms with Gasteiger partial charge in [-0.3, -0.25) is 0 Å². The number of hydrogen-bond acceptors (Lipinski definition) is 7. The third-order valence-electron chi connectivity index (χ3n) is 5.28. The summed E-state index contributed by atoms with van der Waals surface area (Å²) in [5, 5.41) is 13.9. The van der Waals surface area contributed by atoms with Crippen LogP contribution in [0, 0.1) is 11.3 Å². The molecule has 160 valence electrons. The molecule has 2 aromatic carbocycles. The van der Waals surface area contributed by atoms with Gasteiger partial charge in [0.1, 0.15) is 6.10 Å². The van der Waals surface area contributed by atoms with Crippen molar-refractivity contribution in [2.24, 2.45) is 0 Å². The number of likely N-dealkylation sites (N-methyl/N-ethyl adjacent to an activating group) is 1. The molecule has 3 aromatic rings. The molecule has 1 atom stereocenters. The minimum Gasteiger partial charge on any atom is -0.493 e. The fourth-order valence-electron chi connectivity index (χ4n) is 3.63. The number of methoxy groups -OCH3 is 2. The zero-order chi connectivity index (χ0) is 21.8. The lowest BCUT2D eigenvalue weighted by Crippen LogP contribution is -2.36. The summed E-state index contributed by atoms with van der Waals surface area (Å²) in [4.78, 5) is 7.07. The number of morpholine rings is 1. The summed E-state index contributed by atoms with van der Waals surface area (Å²) in [6, 6.07) is 15.3. The van der Waals surface area contributed by atoms with Crippen molar-refractivity contribution in [3.63, 3.8) is 0 Å². The molecule has 31 heavy (non-hydrogen) atoms. The third kappa shape index (κ3) is 4.53. The van der Waals surface area contributed by atoms with Crippen molar-refractivity contribution in [3.8, 4) is 23.3 Å². The number of rotatable bonds is 6. The largest absolute Gasteiger partial charge is 0.493 e. The van der Waals surface area contributed by atoms with E-state index >= 15 is 0 Å². The summed E-state index contributed by atoms with van der Waals surface area (Å²) in [7, 11) is 5.31. The first-order valence-electron chi connectivity index (χ1n) is 10.1. The van der Waals surface area contributed by atoms with Crippen LogP contribution in [0.15, 0.2) is 42.5 Å². The van der Waals surface area contributed by atoms with Crippen molar-refractivity contribution in [2.75, 3.05) is 41.0 Å². The van der Waals surface area contributed by atoms with Gasteiger partial charge in [0, 0.05) is 19.5 Å². The molecular formula is C23H25N5O3. The molecule has 1 aliphatic rings. The van der Waals surface area contributed by atoms with Crippen LogP contribution in [0.25, 0.3) is 5.69 Å². The van der Waals surface area contributed by atoms with Gasteiger partial charge in [-0.25, -0.2) is 9.67 Å². The van der Waals surface area contributed by atoms with E-state index in [0.717, 1.165) is 30.2 Å². The van der Waals surface area contributed by atoms with E-state index in [0.29, 0.717) is 35.9 Å². The predicted molar refractivity (Wildman–Crippen MR) is 115 cm³/mol. The van der Waals surface area contributed by atoms with Crippen LogP contribution in [-0.2, 0) is 11.2 Å². The van der Waals surface area contributed by atoms with Gasteiger partial charge in [-0.1, -0.05) is 6.07 Å². The maximum atomic E-state index is 9.11. The molecule has 0 N–H and O–H groups in total. The molecule has 1 saturated heterocycles. The Kier molecular flexibility index (Phi) is 6.16. The van der Waals surface area contributed by atoms with Gasteiger partial charge in [0.25, 0.3) is 0 Å². The number of hydrogen-bond donors (Lipinski definition) is 0. The molecule has 0 radical (unpaired) electrons. The molecule has 4 rings (SSSR count). The first kappa shape index (κ1) is 20.8. The molecule has 2 heterocycles. The Morgan fingerprint density at radius 3 is 2.58 bits per heavy atom. The fraction of sp³-hybridized carbons (Fsp3) is 0.348. The van der Waals surface area contributed by atoms with Crippen LogP contribution in [-0.4, -0.2) is 60.6 Å². The second-order valence-electron chi connectivity index (χ2n) is 7.44. The summed E-state index contributed by atoms with van der Waals surface area (Å²) < 4.78 is 18.6. The first-order chi connectivity index (χ1) is 15.1. The molecule has 0 saturated carbocycles. The van der Waals surface area contributed by atoms with Crippen LogP contribution < -0.4 is 9.47 Å². The number of nitrogens with zero attached hydrogens (tertiary/aromatic N) is 5. The first-order valence-corrected chi connectivity index (χ1v) is 10.1. The summed E-state index contributed by atoms with van der Waals surface area (Å²) >= 11 is 0. The van der Waals surface area contributed by atoms with E-state index < -0.39 is 0 Å². The maximum absolute atomic E-state index is 9.11.